The number of benzene rings is 1. The zero-order valence-corrected chi connectivity index (χ0v) is 15.1. The molecule has 0 fully saturated rings. The molecule has 0 amide bonds. The van der Waals surface area contributed by atoms with E-state index in [1.807, 2.05) is 48.0 Å². The zero-order valence-electron chi connectivity index (χ0n) is 14.3. The molecular weight excluding hydrogens is 336 g/mol. The first kappa shape index (κ1) is 16.2. The minimum atomic E-state index is 0.00320. The SMILES string of the molecule is Cc1oc(-c2ccsc2)nc1CN(C)C[C@H]1COc2ccccc2O1. The van der Waals surface area contributed by atoms with Gasteiger partial charge in [-0.25, -0.2) is 4.98 Å². The molecule has 4 rings (SSSR count). The van der Waals surface area contributed by atoms with Gasteiger partial charge in [0.1, 0.15) is 18.5 Å². The predicted octanol–water partition coefficient (Wildman–Crippen LogP) is 3.98. The fraction of sp³-hybridized carbons (Fsp3) is 0.316. The highest BCUT2D eigenvalue weighted by Gasteiger charge is 2.23. The topological polar surface area (TPSA) is 47.7 Å². The van der Waals surface area contributed by atoms with E-state index in [9.17, 15) is 0 Å². The van der Waals surface area contributed by atoms with Crippen molar-refractivity contribution in [1.82, 2.24) is 9.88 Å². The van der Waals surface area contributed by atoms with E-state index in [-0.39, 0.29) is 6.10 Å². The van der Waals surface area contributed by atoms with Crippen LogP contribution in [0.4, 0.5) is 0 Å². The van der Waals surface area contributed by atoms with Crippen molar-refractivity contribution in [3.8, 4) is 23.0 Å². The Kier molecular flexibility index (Phi) is 4.46. The minimum Gasteiger partial charge on any atom is -0.486 e. The van der Waals surface area contributed by atoms with Gasteiger partial charge in [0.2, 0.25) is 5.89 Å². The lowest BCUT2D eigenvalue weighted by molar-refractivity contribution is 0.0634. The molecule has 25 heavy (non-hydrogen) atoms. The lowest BCUT2D eigenvalue weighted by atomic mass is 10.2. The van der Waals surface area contributed by atoms with Crippen LogP contribution in [-0.2, 0) is 6.54 Å². The molecule has 0 aliphatic carbocycles. The maximum Gasteiger partial charge on any atom is 0.227 e. The van der Waals surface area contributed by atoms with Crippen molar-refractivity contribution < 1.29 is 13.9 Å². The minimum absolute atomic E-state index is 0.00320. The van der Waals surface area contributed by atoms with E-state index in [2.05, 4.69) is 16.9 Å². The number of nitrogens with zero attached hydrogens (tertiary/aromatic N) is 2. The molecule has 0 radical (unpaired) electrons. The molecular formula is C19H20N2O3S. The number of hydrogen-bond donors (Lipinski definition) is 0. The highest BCUT2D eigenvalue weighted by molar-refractivity contribution is 7.08. The average molecular weight is 356 g/mol. The van der Waals surface area contributed by atoms with E-state index < -0.39 is 0 Å². The van der Waals surface area contributed by atoms with Gasteiger partial charge in [-0.05, 0) is 37.6 Å². The molecule has 3 heterocycles. The molecule has 0 bridgehead atoms. The van der Waals surface area contributed by atoms with Gasteiger partial charge in [0.15, 0.2) is 11.5 Å². The Morgan fingerprint density at radius 2 is 2.08 bits per heavy atom. The van der Waals surface area contributed by atoms with Gasteiger partial charge >= 0.3 is 0 Å². The monoisotopic (exact) mass is 356 g/mol. The molecule has 3 aromatic rings. The lowest BCUT2D eigenvalue weighted by Crippen LogP contribution is -2.39. The van der Waals surface area contributed by atoms with E-state index in [4.69, 9.17) is 13.9 Å². The molecule has 0 unspecified atom stereocenters. The van der Waals surface area contributed by atoms with Crippen molar-refractivity contribution in [1.29, 1.82) is 0 Å². The highest BCUT2D eigenvalue weighted by atomic mass is 32.1. The number of likely N-dealkylation sites (N-methyl/N-ethyl adjacent to an activating group) is 1. The van der Waals surface area contributed by atoms with Crippen LogP contribution >= 0.6 is 11.3 Å². The molecule has 5 nitrogen and oxygen atoms in total. The van der Waals surface area contributed by atoms with Crippen molar-refractivity contribution in [2.75, 3.05) is 20.2 Å². The zero-order chi connectivity index (χ0) is 17.2. The standard InChI is InChI=1S/C19H20N2O3S/c1-13-16(20-19(23-13)14-7-8-25-12-14)10-21(2)9-15-11-22-17-5-3-4-6-18(17)24-15/h3-8,12,15H,9-11H2,1-2H3/t15-/m0/s1. The van der Waals surface area contributed by atoms with Crippen LogP contribution < -0.4 is 9.47 Å². The number of rotatable bonds is 5. The number of thiophene rings is 1. The van der Waals surface area contributed by atoms with Crippen LogP contribution in [0.3, 0.4) is 0 Å². The molecule has 6 heteroatoms. The molecule has 1 aliphatic rings. The molecule has 130 valence electrons. The Balaban J connectivity index is 1.39. The predicted molar refractivity (Wildman–Crippen MR) is 97.2 cm³/mol. The number of ether oxygens (including phenoxy) is 2. The van der Waals surface area contributed by atoms with Gasteiger partial charge in [-0.1, -0.05) is 12.1 Å². The Bertz CT molecular complexity index is 844. The molecule has 0 saturated heterocycles. The second kappa shape index (κ2) is 6.90. The van der Waals surface area contributed by atoms with Gasteiger partial charge in [-0.15, -0.1) is 0 Å². The van der Waals surface area contributed by atoms with E-state index in [1.54, 1.807) is 11.3 Å². The van der Waals surface area contributed by atoms with Crippen LogP contribution in [0.5, 0.6) is 11.5 Å². The average Bonchev–Trinajstić information content (AvgIpc) is 3.25. The Morgan fingerprint density at radius 3 is 2.88 bits per heavy atom. The van der Waals surface area contributed by atoms with Gasteiger partial charge in [-0.3, -0.25) is 4.90 Å². The summed E-state index contributed by atoms with van der Waals surface area (Å²) in [7, 11) is 2.06. The van der Waals surface area contributed by atoms with Crippen LogP contribution in [0.1, 0.15) is 11.5 Å². The maximum absolute atomic E-state index is 6.03. The maximum atomic E-state index is 6.03. The summed E-state index contributed by atoms with van der Waals surface area (Å²) in [4.78, 5) is 6.83. The first-order chi connectivity index (χ1) is 12.2. The quantitative estimate of drug-likeness (QED) is 0.692. The molecule has 1 atom stereocenters. The second-order valence-corrected chi connectivity index (χ2v) is 7.01. The Hall–Kier alpha value is -2.31. The van der Waals surface area contributed by atoms with Crippen molar-refractivity contribution in [3.63, 3.8) is 0 Å². The van der Waals surface area contributed by atoms with Crippen molar-refractivity contribution in [2.24, 2.45) is 0 Å². The third-order valence-electron chi connectivity index (χ3n) is 4.16. The second-order valence-electron chi connectivity index (χ2n) is 6.23. The summed E-state index contributed by atoms with van der Waals surface area (Å²) in [6, 6.07) is 9.80. The normalized spacial score (nSPS) is 16.4. The number of para-hydroxylation sites is 2. The van der Waals surface area contributed by atoms with Gasteiger partial charge < -0.3 is 13.9 Å². The molecule has 1 aliphatic heterocycles. The van der Waals surface area contributed by atoms with E-state index in [1.165, 1.54) is 0 Å². The fourth-order valence-electron chi connectivity index (χ4n) is 2.91. The highest BCUT2D eigenvalue weighted by Crippen LogP contribution is 2.31. The van der Waals surface area contributed by atoms with Gasteiger partial charge in [0.25, 0.3) is 0 Å². The summed E-state index contributed by atoms with van der Waals surface area (Å²) in [5, 5.41) is 4.07. The number of oxazole rings is 1. The molecule has 0 N–H and O–H groups in total. The summed E-state index contributed by atoms with van der Waals surface area (Å²) in [6.07, 6.45) is 0.00320. The molecule has 2 aromatic heterocycles. The van der Waals surface area contributed by atoms with Crippen molar-refractivity contribution in [2.45, 2.75) is 19.6 Å². The number of aryl methyl sites for hydroxylation is 1. The van der Waals surface area contributed by atoms with Crippen LogP contribution in [0.2, 0.25) is 0 Å². The van der Waals surface area contributed by atoms with Gasteiger partial charge in [0.05, 0.1) is 5.69 Å². The largest absolute Gasteiger partial charge is 0.486 e. The van der Waals surface area contributed by atoms with Crippen LogP contribution in [-0.4, -0.2) is 36.2 Å². The summed E-state index contributed by atoms with van der Waals surface area (Å²) < 4.78 is 17.6. The summed E-state index contributed by atoms with van der Waals surface area (Å²) >= 11 is 1.64. The third-order valence-corrected chi connectivity index (χ3v) is 4.85. The first-order valence-corrected chi connectivity index (χ1v) is 9.19. The molecule has 0 spiro atoms. The van der Waals surface area contributed by atoms with Gasteiger partial charge in [0, 0.05) is 24.0 Å². The molecule has 0 saturated carbocycles. The van der Waals surface area contributed by atoms with E-state index in [0.717, 1.165) is 35.1 Å². The van der Waals surface area contributed by atoms with Crippen molar-refractivity contribution >= 4 is 11.3 Å². The van der Waals surface area contributed by atoms with E-state index >= 15 is 0 Å². The van der Waals surface area contributed by atoms with Gasteiger partial charge in [-0.2, -0.15) is 11.3 Å². The lowest BCUT2D eigenvalue weighted by Gasteiger charge is -2.29. The van der Waals surface area contributed by atoms with Crippen LogP contribution in [0.15, 0.2) is 45.5 Å². The van der Waals surface area contributed by atoms with Crippen molar-refractivity contribution in [3.05, 3.63) is 52.5 Å². The fourth-order valence-corrected chi connectivity index (χ4v) is 3.53. The van der Waals surface area contributed by atoms with Crippen LogP contribution in [0.25, 0.3) is 11.5 Å². The summed E-state index contributed by atoms with van der Waals surface area (Å²) in [6.45, 7) is 3.98. The summed E-state index contributed by atoms with van der Waals surface area (Å²) in [5.41, 5.74) is 1.99. The number of fused-ring (bicyclic) bond motifs is 1. The Morgan fingerprint density at radius 1 is 1.24 bits per heavy atom. The first-order valence-electron chi connectivity index (χ1n) is 8.25. The third kappa shape index (κ3) is 3.55. The number of hydrogen-bond acceptors (Lipinski definition) is 6. The summed E-state index contributed by atoms with van der Waals surface area (Å²) in [5.74, 6) is 3.17. The van der Waals surface area contributed by atoms with Crippen LogP contribution in [0, 0.1) is 6.92 Å². The van der Waals surface area contributed by atoms with E-state index in [0.29, 0.717) is 19.0 Å². The Labute approximate surface area is 150 Å². The number of aromatic nitrogens is 1. The molecule has 1 aromatic carbocycles. The smallest absolute Gasteiger partial charge is 0.227 e.